The number of carbonyl (C=O) groups is 3. The third-order valence-electron chi connectivity index (χ3n) is 5.58. The van der Waals surface area contributed by atoms with Gasteiger partial charge in [0.15, 0.2) is 6.61 Å². The van der Waals surface area contributed by atoms with Crippen LogP contribution >= 0.6 is 0 Å². The van der Waals surface area contributed by atoms with E-state index in [1.165, 1.54) is 0 Å². The first-order valence-electron chi connectivity index (χ1n) is 9.46. The molecule has 2 fully saturated rings. The maximum Gasteiger partial charge on any atom is 0.308 e. The molecule has 1 aromatic rings. The van der Waals surface area contributed by atoms with E-state index in [2.05, 4.69) is 0 Å². The lowest BCUT2D eigenvalue weighted by Gasteiger charge is -2.35. The molecule has 3 unspecified atom stereocenters. The molecule has 0 saturated carbocycles. The average molecular weight is 374 g/mol. The number of hydrogen-bond acceptors (Lipinski definition) is 4. The number of carboxylic acid groups (broad SMARTS) is 1. The number of benzene rings is 1. The van der Waals surface area contributed by atoms with Crippen molar-refractivity contribution in [2.45, 2.75) is 32.2 Å². The Labute approximate surface area is 158 Å². The highest BCUT2D eigenvalue weighted by atomic mass is 16.5. The molecule has 0 aliphatic carbocycles. The summed E-state index contributed by atoms with van der Waals surface area (Å²) >= 11 is 0. The number of amides is 2. The van der Waals surface area contributed by atoms with E-state index in [1.807, 2.05) is 18.2 Å². The Bertz CT molecular complexity index is 693. The van der Waals surface area contributed by atoms with Crippen molar-refractivity contribution in [3.05, 3.63) is 30.3 Å². The molecule has 1 N–H and O–H groups in total. The molecule has 2 saturated heterocycles. The number of hydrogen-bond donors (Lipinski definition) is 1. The van der Waals surface area contributed by atoms with E-state index in [1.54, 1.807) is 28.9 Å². The second-order valence-electron chi connectivity index (χ2n) is 7.29. The van der Waals surface area contributed by atoms with Crippen molar-refractivity contribution in [1.82, 2.24) is 9.80 Å². The van der Waals surface area contributed by atoms with Gasteiger partial charge in [0, 0.05) is 25.7 Å². The number of piperidine rings is 1. The van der Waals surface area contributed by atoms with E-state index >= 15 is 0 Å². The quantitative estimate of drug-likeness (QED) is 0.846. The number of rotatable bonds is 5. The number of para-hydroxylation sites is 1. The first-order valence-corrected chi connectivity index (χ1v) is 9.46. The highest BCUT2D eigenvalue weighted by Gasteiger charge is 2.41. The smallest absolute Gasteiger partial charge is 0.308 e. The predicted molar refractivity (Wildman–Crippen MR) is 98.2 cm³/mol. The Morgan fingerprint density at radius 1 is 1.15 bits per heavy atom. The van der Waals surface area contributed by atoms with Crippen LogP contribution in [0, 0.1) is 11.8 Å². The van der Waals surface area contributed by atoms with Crippen LogP contribution in [0.5, 0.6) is 5.75 Å². The van der Waals surface area contributed by atoms with Crippen molar-refractivity contribution in [3.63, 3.8) is 0 Å². The monoisotopic (exact) mass is 374 g/mol. The van der Waals surface area contributed by atoms with Crippen molar-refractivity contribution in [1.29, 1.82) is 0 Å². The second kappa shape index (κ2) is 8.41. The van der Waals surface area contributed by atoms with Crippen LogP contribution in [-0.4, -0.2) is 65.0 Å². The summed E-state index contributed by atoms with van der Waals surface area (Å²) in [6, 6.07) is 8.85. The molecule has 7 nitrogen and oxygen atoms in total. The molecule has 27 heavy (non-hydrogen) atoms. The second-order valence-corrected chi connectivity index (χ2v) is 7.29. The van der Waals surface area contributed by atoms with Crippen LogP contribution in [-0.2, 0) is 14.4 Å². The van der Waals surface area contributed by atoms with Gasteiger partial charge >= 0.3 is 5.97 Å². The Morgan fingerprint density at radius 2 is 1.89 bits per heavy atom. The lowest BCUT2D eigenvalue weighted by Crippen LogP contribution is -2.49. The number of likely N-dealkylation sites (tertiary alicyclic amines) is 2. The molecule has 0 bridgehead atoms. The van der Waals surface area contributed by atoms with Gasteiger partial charge in [0.05, 0.1) is 11.8 Å². The summed E-state index contributed by atoms with van der Waals surface area (Å²) in [7, 11) is 0. The van der Waals surface area contributed by atoms with Crippen molar-refractivity contribution >= 4 is 17.8 Å². The molecule has 146 valence electrons. The zero-order chi connectivity index (χ0) is 19.4. The van der Waals surface area contributed by atoms with Gasteiger partial charge in [0.1, 0.15) is 5.75 Å². The number of carbonyl (C=O) groups excluding carboxylic acids is 2. The van der Waals surface area contributed by atoms with Gasteiger partial charge in [-0.2, -0.15) is 0 Å². The Hall–Kier alpha value is -2.57. The predicted octanol–water partition coefficient (Wildman–Crippen LogP) is 1.63. The fourth-order valence-corrected chi connectivity index (χ4v) is 3.97. The molecule has 0 aromatic heterocycles. The molecule has 2 aliphatic heterocycles. The third kappa shape index (κ3) is 4.40. The highest BCUT2D eigenvalue weighted by molar-refractivity contribution is 5.83. The van der Waals surface area contributed by atoms with Gasteiger partial charge in [0.2, 0.25) is 5.91 Å². The summed E-state index contributed by atoms with van der Waals surface area (Å²) in [5.74, 6) is -1.15. The van der Waals surface area contributed by atoms with Crippen LogP contribution in [0.3, 0.4) is 0 Å². The fourth-order valence-electron chi connectivity index (χ4n) is 3.97. The van der Waals surface area contributed by atoms with Gasteiger partial charge in [-0.25, -0.2) is 0 Å². The van der Waals surface area contributed by atoms with Crippen molar-refractivity contribution in [2.75, 3.05) is 26.2 Å². The standard InChI is InChI=1S/C20H26N2O5/c1-14-17(20(25)26)9-11-22(14)19(24)15-6-5-10-21(12-15)18(23)13-27-16-7-3-2-4-8-16/h2-4,7-8,14-15,17H,5-6,9-13H2,1H3,(H,25,26). The molecule has 7 heteroatoms. The first kappa shape index (κ1) is 19.2. The van der Waals surface area contributed by atoms with E-state index in [0.29, 0.717) is 31.8 Å². The molecule has 2 heterocycles. The maximum atomic E-state index is 12.9. The fraction of sp³-hybridized carbons (Fsp3) is 0.550. The van der Waals surface area contributed by atoms with E-state index in [0.717, 1.165) is 12.8 Å². The number of nitrogens with zero attached hydrogens (tertiary/aromatic N) is 2. The minimum atomic E-state index is -0.851. The lowest BCUT2D eigenvalue weighted by atomic mass is 9.95. The Kier molecular flexibility index (Phi) is 5.98. The molecule has 1 aromatic carbocycles. The number of carboxylic acids is 1. The van der Waals surface area contributed by atoms with Crippen molar-refractivity contribution in [2.24, 2.45) is 11.8 Å². The van der Waals surface area contributed by atoms with Crippen molar-refractivity contribution < 1.29 is 24.2 Å². The minimum absolute atomic E-state index is 0.0345. The Morgan fingerprint density at radius 3 is 2.56 bits per heavy atom. The van der Waals surface area contributed by atoms with Crippen LogP contribution in [0.1, 0.15) is 26.2 Å². The molecule has 3 rings (SSSR count). The van der Waals surface area contributed by atoms with Crippen LogP contribution in [0.15, 0.2) is 30.3 Å². The number of ether oxygens (including phenoxy) is 1. The van der Waals surface area contributed by atoms with Crippen LogP contribution < -0.4 is 4.74 Å². The van der Waals surface area contributed by atoms with Gasteiger partial charge in [-0.1, -0.05) is 18.2 Å². The highest BCUT2D eigenvalue weighted by Crippen LogP contribution is 2.28. The SMILES string of the molecule is CC1C(C(=O)O)CCN1C(=O)C1CCCN(C(=O)COc2ccccc2)C1. The molecular weight excluding hydrogens is 348 g/mol. The molecular formula is C20H26N2O5. The summed E-state index contributed by atoms with van der Waals surface area (Å²) in [4.78, 5) is 40.0. The normalized spacial score (nSPS) is 25.3. The van der Waals surface area contributed by atoms with Crippen LogP contribution in [0.4, 0.5) is 0 Å². The van der Waals surface area contributed by atoms with Crippen LogP contribution in [0.25, 0.3) is 0 Å². The topological polar surface area (TPSA) is 87.2 Å². The summed E-state index contributed by atoms with van der Waals surface area (Å²) in [5.41, 5.74) is 0. The summed E-state index contributed by atoms with van der Waals surface area (Å²) in [6.45, 7) is 3.21. The molecule has 0 radical (unpaired) electrons. The molecule has 2 aliphatic rings. The maximum absolute atomic E-state index is 12.9. The largest absolute Gasteiger partial charge is 0.484 e. The zero-order valence-corrected chi connectivity index (χ0v) is 15.5. The van der Waals surface area contributed by atoms with E-state index in [9.17, 15) is 19.5 Å². The van der Waals surface area contributed by atoms with Gasteiger partial charge in [-0.15, -0.1) is 0 Å². The summed E-state index contributed by atoms with van der Waals surface area (Å²) in [6.07, 6.45) is 1.98. The Balaban J connectivity index is 1.55. The van der Waals surface area contributed by atoms with Crippen LogP contribution in [0.2, 0.25) is 0 Å². The van der Waals surface area contributed by atoms with Gasteiger partial charge < -0.3 is 19.6 Å². The van der Waals surface area contributed by atoms with Gasteiger partial charge in [-0.3, -0.25) is 14.4 Å². The van der Waals surface area contributed by atoms with Crippen molar-refractivity contribution in [3.8, 4) is 5.75 Å². The number of aliphatic carboxylic acids is 1. The van der Waals surface area contributed by atoms with E-state index < -0.39 is 11.9 Å². The third-order valence-corrected chi connectivity index (χ3v) is 5.58. The molecule has 3 atom stereocenters. The minimum Gasteiger partial charge on any atom is -0.484 e. The molecule has 2 amide bonds. The summed E-state index contributed by atoms with van der Waals surface area (Å²) in [5, 5.41) is 9.26. The van der Waals surface area contributed by atoms with E-state index in [4.69, 9.17) is 4.74 Å². The van der Waals surface area contributed by atoms with Gasteiger partial charge in [-0.05, 0) is 38.3 Å². The summed E-state index contributed by atoms with van der Waals surface area (Å²) < 4.78 is 5.52. The molecule has 0 spiro atoms. The lowest BCUT2D eigenvalue weighted by molar-refractivity contribution is -0.144. The first-order chi connectivity index (χ1) is 13.0. The zero-order valence-electron chi connectivity index (χ0n) is 15.5. The average Bonchev–Trinajstić information content (AvgIpc) is 3.08. The van der Waals surface area contributed by atoms with Gasteiger partial charge in [0.25, 0.3) is 5.91 Å². The van der Waals surface area contributed by atoms with E-state index in [-0.39, 0.29) is 30.4 Å².